The van der Waals surface area contributed by atoms with E-state index >= 15 is 0 Å². The fraction of sp³-hybridized carbons (Fsp3) is 0.143. The van der Waals surface area contributed by atoms with E-state index in [2.05, 4.69) is 4.98 Å². The Balaban J connectivity index is 2.31. The van der Waals surface area contributed by atoms with Gasteiger partial charge in [0.1, 0.15) is 10.3 Å². The van der Waals surface area contributed by atoms with Gasteiger partial charge in [-0.3, -0.25) is 0 Å². The van der Waals surface area contributed by atoms with Crippen LogP contribution >= 0.6 is 46.6 Å². The lowest BCUT2D eigenvalue weighted by atomic mass is 10.1. The minimum Gasteiger partial charge on any atom is -0.248 e. The molecule has 0 fully saturated rings. The maximum absolute atomic E-state index is 12.6. The molecule has 2 rings (SSSR count). The van der Waals surface area contributed by atoms with E-state index in [1.54, 1.807) is 12.1 Å². The average molecular weight is 398 g/mol. The Morgan fingerprint density at radius 3 is 2.35 bits per heavy atom. The van der Waals surface area contributed by atoms with Crippen molar-refractivity contribution in [3.8, 4) is 6.07 Å². The first-order valence-electron chi connectivity index (χ1n) is 5.96. The summed E-state index contributed by atoms with van der Waals surface area (Å²) in [6, 6.07) is 7.40. The van der Waals surface area contributed by atoms with Gasteiger partial charge in [0.25, 0.3) is 0 Å². The number of halogens is 6. The molecule has 1 atom stereocenters. The zero-order valence-electron chi connectivity index (χ0n) is 11.0. The van der Waals surface area contributed by atoms with Gasteiger partial charge < -0.3 is 0 Å². The Bertz CT molecular complexity index is 775. The van der Waals surface area contributed by atoms with E-state index in [-0.39, 0.29) is 15.1 Å². The fourth-order valence-electron chi connectivity index (χ4n) is 1.65. The lowest BCUT2D eigenvalue weighted by Crippen LogP contribution is -2.06. The molecule has 1 heterocycles. The first kappa shape index (κ1) is 18.2. The molecule has 0 radical (unpaired) electrons. The van der Waals surface area contributed by atoms with Crippen LogP contribution in [0.3, 0.4) is 0 Å². The van der Waals surface area contributed by atoms with Crippen LogP contribution in [-0.2, 0) is 6.18 Å². The molecule has 23 heavy (non-hydrogen) atoms. The number of hydrogen-bond acceptors (Lipinski definition) is 3. The maximum atomic E-state index is 12.6. The highest BCUT2D eigenvalue weighted by Gasteiger charge is 2.32. The second-order valence-electron chi connectivity index (χ2n) is 4.30. The Morgan fingerprint density at radius 2 is 1.83 bits per heavy atom. The highest BCUT2D eigenvalue weighted by Crippen LogP contribution is 2.41. The van der Waals surface area contributed by atoms with E-state index in [4.69, 9.17) is 34.8 Å². The zero-order chi connectivity index (χ0) is 17.2. The van der Waals surface area contributed by atoms with E-state index in [0.29, 0.717) is 16.8 Å². The molecule has 0 saturated heterocycles. The van der Waals surface area contributed by atoms with Crippen LogP contribution in [0.15, 0.2) is 35.5 Å². The molecule has 0 unspecified atom stereocenters. The topological polar surface area (TPSA) is 36.7 Å². The molecule has 0 saturated carbocycles. The Labute approximate surface area is 149 Å². The Morgan fingerprint density at radius 1 is 1.13 bits per heavy atom. The number of thioether (sulfide) groups is 1. The predicted octanol–water partition coefficient (Wildman–Crippen LogP) is 6.42. The summed E-state index contributed by atoms with van der Waals surface area (Å²) in [5.41, 5.74) is -0.480. The van der Waals surface area contributed by atoms with Crippen molar-refractivity contribution in [1.29, 1.82) is 5.26 Å². The molecule has 1 aromatic heterocycles. The van der Waals surface area contributed by atoms with Crippen LogP contribution in [0.25, 0.3) is 0 Å². The first-order chi connectivity index (χ1) is 10.7. The lowest BCUT2D eigenvalue weighted by Gasteiger charge is -2.13. The second-order valence-corrected chi connectivity index (χ2v) is 6.65. The van der Waals surface area contributed by atoms with Gasteiger partial charge in [-0.1, -0.05) is 52.6 Å². The van der Waals surface area contributed by atoms with Gasteiger partial charge >= 0.3 is 6.18 Å². The van der Waals surface area contributed by atoms with Crippen LogP contribution in [0.4, 0.5) is 13.2 Å². The molecular formula is C14H6Cl3F3N2S. The summed E-state index contributed by atoms with van der Waals surface area (Å²) in [6.07, 6.45) is -3.86. The first-order valence-corrected chi connectivity index (χ1v) is 7.97. The fourth-order valence-corrected chi connectivity index (χ4v) is 3.43. The molecule has 0 aliphatic carbocycles. The number of aromatic nitrogens is 1. The van der Waals surface area contributed by atoms with E-state index in [1.807, 2.05) is 6.07 Å². The normalized spacial score (nSPS) is 12.7. The monoisotopic (exact) mass is 396 g/mol. The van der Waals surface area contributed by atoms with E-state index < -0.39 is 17.0 Å². The van der Waals surface area contributed by atoms with Crippen molar-refractivity contribution in [3.05, 3.63) is 56.7 Å². The summed E-state index contributed by atoms with van der Waals surface area (Å²) in [4.78, 5) is 3.70. The van der Waals surface area contributed by atoms with Gasteiger partial charge in [-0.05, 0) is 23.8 Å². The van der Waals surface area contributed by atoms with Crippen molar-refractivity contribution in [2.24, 2.45) is 0 Å². The van der Waals surface area contributed by atoms with Gasteiger partial charge in [0, 0.05) is 16.2 Å². The molecule has 0 amide bonds. The summed E-state index contributed by atoms with van der Waals surface area (Å²) >= 11 is 18.6. The molecule has 2 nitrogen and oxygen atoms in total. The summed E-state index contributed by atoms with van der Waals surface area (Å²) in [5, 5.41) is 9.12. The molecule has 0 aliphatic rings. The SMILES string of the molecule is N#C[C@H](Sc1ncc(C(F)(F)F)cc1Cl)c1ccc(Cl)cc1Cl. The highest BCUT2D eigenvalue weighted by atomic mass is 35.5. The number of rotatable bonds is 3. The molecule has 1 aromatic carbocycles. The summed E-state index contributed by atoms with van der Waals surface area (Å²) in [7, 11) is 0. The highest BCUT2D eigenvalue weighted by molar-refractivity contribution is 7.99. The second kappa shape index (κ2) is 7.18. The summed E-state index contributed by atoms with van der Waals surface area (Å²) in [6.45, 7) is 0. The van der Waals surface area contributed by atoms with Crippen molar-refractivity contribution in [1.82, 2.24) is 4.98 Å². The lowest BCUT2D eigenvalue weighted by molar-refractivity contribution is -0.137. The Hall–Kier alpha value is -1.13. The van der Waals surface area contributed by atoms with Gasteiger partial charge in [-0.25, -0.2) is 4.98 Å². The van der Waals surface area contributed by atoms with Gasteiger partial charge in [0.15, 0.2) is 0 Å². The number of pyridine rings is 1. The maximum Gasteiger partial charge on any atom is 0.417 e. The third-order valence-corrected chi connectivity index (χ3v) is 4.83. The molecule has 0 aliphatic heterocycles. The molecule has 120 valence electrons. The third kappa shape index (κ3) is 4.45. The minimum atomic E-state index is -4.53. The minimum absolute atomic E-state index is 0.109. The van der Waals surface area contributed by atoms with Crippen molar-refractivity contribution in [3.63, 3.8) is 0 Å². The van der Waals surface area contributed by atoms with Crippen LogP contribution in [0, 0.1) is 11.3 Å². The van der Waals surface area contributed by atoms with Crippen molar-refractivity contribution in [2.75, 3.05) is 0 Å². The molecule has 0 spiro atoms. The van der Waals surface area contributed by atoms with E-state index in [0.717, 1.165) is 17.8 Å². The van der Waals surface area contributed by atoms with E-state index in [1.165, 1.54) is 6.07 Å². The van der Waals surface area contributed by atoms with E-state index in [9.17, 15) is 18.4 Å². The van der Waals surface area contributed by atoms with Crippen LogP contribution in [-0.4, -0.2) is 4.98 Å². The van der Waals surface area contributed by atoms with Crippen LogP contribution in [0.2, 0.25) is 15.1 Å². The number of alkyl halides is 3. The number of nitrogens with zero attached hydrogens (tertiary/aromatic N) is 2. The zero-order valence-corrected chi connectivity index (χ0v) is 14.1. The number of hydrogen-bond donors (Lipinski definition) is 0. The van der Waals surface area contributed by atoms with Gasteiger partial charge in [0.2, 0.25) is 0 Å². The largest absolute Gasteiger partial charge is 0.417 e. The summed E-state index contributed by atoms with van der Waals surface area (Å²) in [5.74, 6) is 0. The van der Waals surface area contributed by atoms with Gasteiger partial charge in [-0.15, -0.1) is 0 Å². The van der Waals surface area contributed by atoms with Crippen molar-refractivity contribution >= 4 is 46.6 Å². The van der Waals surface area contributed by atoms with Crippen molar-refractivity contribution < 1.29 is 13.2 Å². The van der Waals surface area contributed by atoms with Crippen LogP contribution in [0.1, 0.15) is 16.4 Å². The van der Waals surface area contributed by atoms with Gasteiger partial charge in [0.05, 0.1) is 16.7 Å². The van der Waals surface area contributed by atoms with Crippen LogP contribution < -0.4 is 0 Å². The number of nitriles is 1. The third-order valence-electron chi connectivity index (χ3n) is 2.73. The quantitative estimate of drug-likeness (QED) is 0.561. The number of benzene rings is 1. The summed E-state index contributed by atoms with van der Waals surface area (Å²) < 4.78 is 37.8. The molecular weight excluding hydrogens is 392 g/mol. The Kier molecular flexibility index (Phi) is 5.69. The smallest absolute Gasteiger partial charge is 0.248 e. The molecule has 2 aromatic rings. The van der Waals surface area contributed by atoms with Gasteiger partial charge in [-0.2, -0.15) is 18.4 Å². The molecule has 0 bridgehead atoms. The average Bonchev–Trinajstić information content (AvgIpc) is 2.46. The molecule has 9 heteroatoms. The van der Waals surface area contributed by atoms with Crippen LogP contribution in [0.5, 0.6) is 0 Å². The molecule has 0 N–H and O–H groups in total. The van der Waals surface area contributed by atoms with Crippen molar-refractivity contribution in [2.45, 2.75) is 16.5 Å². The predicted molar refractivity (Wildman–Crippen MR) is 84.9 cm³/mol. The standard InChI is InChI=1S/C14H6Cl3F3N2S/c15-8-1-2-9(10(16)4-8)12(5-21)23-13-11(17)3-7(6-22-13)14(18,19)20/h1-4,6,12H/t12-/m0/s1.